The van der Waals surface area contributed by atoms with Crippen LogP contribution < -0.4 is 5.32 Å². The molecule has 1 aliphatic heterocycles. The topological polar surface area (TPSA) is 94.1 Å². The lowest BCUT2D eigenvalue weighted by Gasteiger charge is -2.37. The van der Waals surface area contributed by atoms with Crippen LogP contribution in [0.2, 0.25) is 0 Å². The number of nitrogens with zero attached hydrogens (tertiary/aromatic N) is 3. The van der Waals surface area contributed by atoms with Crippen LogP contribution in [0.3, 0.4) is 0 Å². The monoisotopic (exact) mass is 449 g/mol. The second kappa shape index (κ2) is 8.25. The fourth-order valence-corrected chi connectivity index (χ4v) is 4.29. The van der Waals surface area contributed by atoms with E-state index >= 15 is 0 Å². The molecule has 4 aromatic rings. The molecule has 1 amide bonds. The summed E-state index contributed by atoms with van der Waals surface area (Å²) in [7, 11) is 0. The number of H-pyrrole nitrogens is 1. The molecule has 33 heavy (non-hydrogen) atoms. The molecule has 9 heteroatoms. The van der Waals surface area contributed by atoms with Crippen molar-refractivity contribution in [1.29, 1.82) is 0 Å². The molecular weight excluding hydrogens is 428 g/mol. The summed E-state index contributed by atoms with van der Waals surface area (Å²) in [5.41, 5.74) is 2.99. The van der Waals surface area contributed by atoms with Crippen molar-refractivity contribution >= 4 is 16.9 Å². The molecular formula is C24H21F2N5O2. The summed E-state index contributed by atoms with van der Waals surface area (Å²) in [5, 5.41) is 20.5. The Kier molecular flexibility index (Phi) is 5.26. The fraction of sp³-hybridized carbons (Fsp3) is 0.208. The standard InChI is InChI=1S/C24H21F2N5O2/c1-13-22-18(11-20(28-23(22)30-29-13)14-2-5-16(32)6-3-14)24(33)31-9-8-27-12-21(31)17-7-4-15(25)10-19(17)26/h2-7,10-11,21,27,32H,8-9,12H2,1H3,(H,28,29,30). The molecule has 1 saturated heterocycles. The molecule has 5 rings (SSSR count). The van der Waals surface area contributed by atoms with Crippen LogP contribution in [0, 0.1) is 18.6 Å². The quantitative estimate of drug-likeness (QED) is 0.443. The number of hydrogen-bond donors (Lipinski definition) is 3. The Morgan fingerprint density at radius 3 is 2.70 bits per heavy atom. The van der Waals surface area contributed by atoms with Crippen molar-refractivity contribution in [3.63, 3.8) is 0 Å². The number of fused-ring (bicyclic) bond motifs is 1. The molecule has 0 spiro atoms. The number of aromatic amines is 1. The normalized spacial score (nSPS) is 16.3. The van der Waals surface area contributed by atoms with Gasteiger partial charge < -0.3 is 15.3 Å². The second-order valence-corrected chi connectivity index (χ2v) is 8.02. The van der Waals surface area contributed by atoms with Gasteiger partial charge in [0.15, 0.2) is 5.65 Å². The summed E-state index contributed by atoms with van der Waals surface area (Å²) in [6, 6.07) is 11.0. The van der Waals surface area contributed by atoms with Gasteiger partial charge in [-0.15, -0.1) is 0 Å². The SMILES string of the molecule is Cc1n[nH]c2nc(-c3ccc(O)cc3)cc(C(=O)N3CCNCC3c3ccc(F)cc3F)c12. The van der Waals surface area contributed by atoms with Crippen LogP contribution in [-0.4, -0.2) is 50.7 Å². The highest BCUT2D eigenvalue weighted by Gasteiger charge is 2.32. The van der Waals surface area contributed by atoms with E-state index in [4.69, 9.17) is 0 Å². The van der Waals surface area contributed by atoms with Gasteiger partial charge in [0.1, 0.15) is 17.4 Å². The van der Waals surface area contributed by atoms with Gasteiger partial charge in [0, 0.05) is 36.8 Å². The predicted molar refractivity (Wildman–Crippen MR) is 119 cm³/mol. The Morgan fingerprint density at radius 1 is 1.15 bits per heavy atom. The number of rotatable bonds is 3. The fourth-order valence-electron chi connectivity index (χ4n) is 4.29. The van der Waals surface area contributed by atoms with Gasteiger partial charge in [0.25, 0.3) is 5.91 Å². The largest absolute Gasteiger partial charge is 0.508 e. The minimum Gasteiger partial charge on any atom is -0.508 e. The van der Waals surface area contributed by atoms with E-state index in [1.807, 2.05) is 0 Å². The summed E-state index contributed by atoms with van der Waals surface area (Å²) >= 11 is 0. The predicted octanol–water partition coefficient (Wildman–Crippen LogP) is 3.70. The van der Waals surface area contributed by atoms with E-state index in [0.717, 1.165) is 11.6 Å². The first-order chi connectivity index (χ1) is 15.9. The number of carbonyl (C=O) groups is 1. The van der Waals surface area contributed by atoms with Gasteiger partial charge in [-0.1, -0.05) is 6.07 Å². The summed E-state index contributed by atoms with van der Waals surface area (Å²) in [5.74, 6) is -1.52. The maximum atomic E-state index is 14.6. The van der Waals surface area contributed by atoms with E-state index < -0.39 is 17.7 Å². The lowest BCUT2D eigenvalue weighted by atomic mass is 9.99. The first kappa shape index (κ1) is 21.0. The number of aryl methyl sites for hydroxylation is 1. The molecule has 2 aromatic carbocycles. The number of phenols is 1. The number of aromatic hydroxyl groups is 1. The average molecular weight is 449 g/mol. The number of nitrogens with one attached hydrogen (secondary N) is 2. The van der Waals surface area contributed by atoms with E-state index in [-0.39, 0.29) is 17.2 Å². The van der Waals surface area contributed by atoms with E-state index in [0.29, 0.717) is 47.6 Å². The van der Waals surface area contributed by atoms with Gasteiger partial charge in [-0.05, 0) is 43.3 Å². The van der Waals surface area contributed by atoms with Crippen LogP contribution >= 0.6 is 0 Å². The molecule has 3 N–H and O–H groups in total. The van der Waals surface area contributed by atoms with Crippen molar-refractivity contribution in [3.05, 3.63) is 77.0 Å². The van der Waals surface area contributed by atoms with Crippen molar-refractivity contribution in [1.82, 2.24) is 25.4 Å². The van der Waals surface area contributed by atoms with Gasteiger partial charge in [0.2, 0.25) is 0 Å². The molecule has 1 atom stereocenters. The van der Waals surface area contributed by atoms with E-state index in [1.54, 1.807) is 42.2 Å². The maximum Gasteiger partial charge on any atom is 0.255 e. The zero-order valence-electron chi connectivity index (χ0n) is 17.8. The molecule has 0 aliphatic carbocycles. The van der Waals surface area contributed by atoms with Crippen LogP contribution in [-0.2, 0) is 0 Å². The van der Waals surface area contributed by atoms with Crippen LogP contribution in [0.4, 0.5) is 8.78 Å². The molecule has 0 saturated carbocycles. The van der Waals surface area contributed by atoms with Gasteiger partial charge in [-0.3, -0.25) is 9.89 Å². The van der Waals surface area contributed by atoms with Crippen molar-refractivity contribution in [2.24, 2.45) is 0 Å². The Bertz CT molecular complexity index is 1350. The van der Waals surface area contributed by atoms with E-state index in [2.05, 4.69) is 20.5 Å². The highest BCUT2D eigenvalue weighted by atomic mass is 19.1. The summed E-state index contributed by atoms with van der Waals surface area (Å²) in [6.07, 6.45) is 0. The second-order valence-electron chi connectivity index (χ2n) is 8.02. The molecule has 1 unspecified atom stereocenters. The molecule has 1 aliphatic rings. The summed E-state index contributed by atoms with van der Waals surface area (Å²) in [4.78, 5) is 20.1. The molecule has 168 valence electrons. The van der Waals surface area contributed by atoms with Crippen molar-refractivity contribution in [2.75, 3.05) is 19.6 Å². The van der Waals surface area contributed by atoms with Crippen LogP contribution in [0.15, 0.2) is 48.5 Å². The van der Waals surface area contributed by atoms with Gasteiger partial charge in [-0.2, -0.15) is 5.10 Å². The highest BCUT2D eigenvalue weighted by molar-refractivity contribution is 6.07. The number of piperazine rings is 1. The minimum absolute atomic E-state index is 0.124. The number of carbonyl (C=O) groups excluding carboxylic acids is 1. The number of benzene rings is 2. The highest BCUT2D eigenvalue weighted by Crippen LogP contribution is 2.31. The molecule has 3 heterocycles. The average Bonchev–Trinajstić information content (AvgIpc) is 3.19. The third kappa shape index (κ3) is 3.80. The van der Waals surface area contributed by atoms with Gasteiger partial charge in [0.05, 0.1) is 28.4 Å². The zero-order chi connectivity index (χ0) is 23.1. The lowest BCUT2D eigenvalue weighted by molar-refractivity contribution is 0.0632. The van der Waals surface area contributed by atoms with Crippen molar-refractivity contribution in [3.8, 4) is 17.0 Å². The number of aromatic nitrogens is 3. The molecule has 0 radical (unpaired) electrons. The van der Waals surface area contributed by atoms with Gasteiger partial charge in [-0.25, -0.2) is 13.8 Å². The van der Waals surface area contributed by atoms with Crippen molar-refractivity contribution in [2.45, 2.75) is 13.0 Å². The summed E-state index contributed by atoms with van der Waals surface area (Å²) in [6.45, 7) is 3.04. The first-order valence-electron chi connectivity index (χ1n) is 10.5. The van der Waals surface area contributed by atoms with E-state index in [9.17, 15) is 18.7 Å². The molecule has 7 nitrogen and oxygen atoms in total. The minimum atomic E-state index is -0.689. The number of halogens is 2. The Labute approximate surface area is 188 Å². The molecule has 2 aromatic heterocycles. The van der Waals surface area contributed by atoms with Crippen LogP contribution in [0.25, 0.3) is 22.3 Å². The Hall–Kier alpha value is -3.85. The third-order valence-electron chi connectivity index (χ3n) is 5.93. The van der Waals surface area contributed by atoms with Crippen molar-refractivity contribution < 1.29 is 18.7 Å². The van der Waals surface area contributed by atoms with E-state index in [1.165, 1.54) is 12.1 Å². The molecule has 0 bridgehead atoms. The maximum absolute atomic E-state index is 14.6. The number of amides is 1. The zero-order valence-corrected chi connectivity index (χ0v) is 17.8. The smallest absolute Gasteiger partial charge is 0.255 e. The summed E-state index contributed by atoms with van der Waals surface area (Å²) < 4.78 is 28.1. The number of hydrogen-bond acceptors (Lipinski definition) is 5. The third-order valence-corrected chi connectivity index (χ3v) is 5.93. The van der Waals surface area contributed by atoms with Crippen LogP contribution in [0.1, 0.15) is 27.7 Å². The molecule has 1 fully saturated rings. The first-order valence-corrected chi connectivity index (χ1v) is 10.5. The number of phenolic OH excluding ortho intramolecular Hbond substituents is 1. The lowest BCUT2D eigenvalue weighted by Crippen LogP contribution is -2.49. The Balaban J connectivity index is 1.61. The van der Waals surface area contributed by atoms with Crippen LogP contribution in [0.5, 0.6) is 5.75 Å². The number of pyridine rings is 1. The van der Waals surface area contributed by atoms with Gasteiger partial charge >= 0.3 is 0 Å². The Morgan fingerprint density at radius 2 is 1.94 bits per heavy atom.